The van der Waals surface area contributed by atoms with Gasteiger partial charge in [-0.15, -0.1) is 0 Å². The molecule has 0 saturated heterocycles. The van der Waals surface area contributed by atoms with E-state index in [4.69, 9.17) is 0 Å². The van der Waals surface area contributed by atoms with Crippen LogP contribution in [-0.4, -0.2) is 23.0 Å². The fourth-order valence-electron chi connectivity index (χ4n) is 2.89. The minimum absolute atomic E-state index is 0.0387. The lowest BCUT2D eigenvalue weighted by Gasteiger charge is -2.14. The number of rotatable bonds is 6. The van der Waals surface area contributed by atoms with Crippen LogP contribution in [0.3, 0.4) is 0 Å². The number of carboxylic acid groups (broad SMARTS) is 1. The molecule has 0 aliphatic heterocycles. The third kappa shape index (κ3) is 3.79. The maximum absolute atomic E-state index is 12.9. The third-order valence-electron chi connectivity index (χ3n) is 4.32. The van der Waals surface area contributed by atoms with Gasteiger partial charge in [0.25, 0.3) is 0 Å². The van der Waals surface area contributed by atoms with E-state index in [0.29, 0.717) is 6.42 Å². The molecule has 0 aromatic heterocycles. The average Bonchev–Trinajstić information content (AvgIpc) is 3.36. The van der Waals surface area contributed by atoms with Crippen molar-refractivity contribution in [2.75, 3.05) is 0 Å². The first kappa shape index (κ1) is 16.2. The van der Waals surface area contributed by atoms with Crippen molar-refractivity contribution in [1.29, 1.82) is 0 Å². The Morgan fingerprint density at radius 2 is 1.79 bits per heavy atom. The quantitative estimate of drug-likeness (QED) is 0.857. The Bertz CT molecular complexity index is 730. The fraction of sp³-hybridized carbons (Fsp3) is 0.263. The molecule has 5 heteroatoms. The number of halogens is 1. The molecule has 0 radical (unpaired) electrons. The fourth-order valence-corrected chi connectivity index (χ4v) is 2.89. The van der Waals surface area contributed by atoms with E-state index in [9.17, 15) is 19.1 Å². The molecule has 1 fully saturated rings. The zero-order chi connectivity index (χ0) is 17.1. The third-order valence-corrected chi connectivity index (χ3v) is 4.32. The maximum Gasteiger partial charge on any atom is 0.326 e. The van der Waals surface area contributed by atoms with Crippen molar-refractivity contribution in [1.82, 2.24) is 5.32 Å². The topological polar surface area (TPSA) is 66.4 Å². The van der Waals surface area contributed by atoms with E-state index in [2.05, 4.69) is 5.32 Å². The highest BCUT2D eigenvalue weighted by Crippen LogP contribution is 2.47. The smallest absolute Gasteiger partial charge is 0.326 e. The van der Waals surface area contributed by atoms with Gasteiger partial charge in [-0.2, -0.15) is 0 Å². The summed E-state index contributed by atoms with van der Waals surface area (Å²) in [6, 6.07) is 14.3. The summed E-state index contributed by atoms with van der Waals surface area (Å²) >= 11 is 0. The molecule has 24 heavy (non-hydrogen) atoms. The van der Waals surface area contributed by atoms with E-state index in [0.717, 1.165) is 11.1 Å². The van der Waals surface area contributed by atoms with Crippen molar-refractivity contribution in [3.05, 3.63) is 71.5 Å². The van der Waals surface area contributed by atoms with Crippen molar-refractivity contribution >= 4 is 11.9 Å². The number of carbonyl (C=O) groups is 2. The second-order valence-electron chi connectivity index (χ2n) is 6.09. The predicted molar refractivity (Wildman–Crippen MR) is 87.0 cm³/mol. The number of nitrogens with one attached hydrogen (secondary N) is 1. The molecule has 1 saturated carbocycles. The van der Waals surface area contributed by atoms with Gasteiger partial charge in [-0.25, -0.2) is 9.18 Å². The molecule has 2 N–H and O–H groups in total. The number of carbonyl (C=O) groups excluding carboxylic acids is 1. The first-order valence-corrected chi connectivity index (χ1v) is 7.87. The van der Waals surface area contributed by atoms with Gasteiger partial charge < -0.3 is 10.4 Å². The summed E-state index contributed by atoms with van der Waals surface area (Å²) < 4.78 is 12.9. The normalized spacial score (nSPS) is 20.2. The lowest BCUT2D eigenvalue weighted by molar-refractivity contribution is -0.142. The summed E-state index contributed by atoms with van der Waals surface area (Å²) in [5.41, 5.74) is 1.77. The number of hydrogen-bond acceptors (Lipinski definition) is 2. The minimum Gasteiger partial charge on any atom is -0.480 e. The lowest BCUT2D eigenvalue weighted by Crippen LogP contribution is -2.43. The summed E-state index contributed by atoms with van der Waals surface area (Å²) in [5.74, 6) is -1.82. The summed E-state index contributed by atoms with van der Waals surface area (Å²) in [7, 11) is 0. The highest BCUT2D eigenvalue weighted by molar-refractivity contribution is 5.87. The van der Waals surface area contributed by atoms with Gasteiger partial charge in [-0.05, 0) is 35.6 Å². The van der Waals surface area contributed by atoms with Crippen molar-refractivity contribution in [2.24, 2.45) is 5.92 Å². The van der Waals surface area contributed by atoms with Crippen LogP contribution in [0.4, 0.5) is 4.39 Å². The van der Waals surface area contributed by atoms with Gasteiger partial charge in [0.05, 0.1) is 0 Å². The van der Waals surface area contributed by atoms with Crippen LogP contribution < -0.4 is 5.32 Å². The van der Waals surface area contributed by atoms with Crippen LogP contribution in [0, 0.1) is 11.7 Å². The van der Waals surface area contributed by atoms with E-state index in [1.807, 2.05) is 30.3 Å². The first-order valence-electron chi connectivity index (χ1n) is 7.87. The lowest BCUT2D eigenvalue weighted by atomic mass is 10.1. The molecule has 1 aliphatic carbocycles. The van der Waals surface area contributed by atoms with Gasteiger partial charge in [-0.3, -0.25) is 4.79 Å². The molecule has 1 aliphatic rings. The summed E-state index contributed by atoms with van der Waals surface area (Å²) in [5, 5.41) is 12.0. The van der Waals surface area contributed by atoms with Gasteiger partial charge in [0.15, 0.2) is 0 Å². The van der Waals surface area contributed by atoms with E-state index >= 15 is 0 Å². The molecule has 124 valence electrons. The first-order chi connectivity index (χ1) is 11.5. The van der Waals surface area contributed by atoms with Crippen molar-refractivity contribution in [3.63, 3.8) is 0 Å². The van der Waals surface area contributed by atoms with Crippen LogP contribution in [0.5, 0.6) is 0 Å². The summed E-state index contributed by atoms with van der Waals surface area (Å²) in [4.78, 5) is 23.7. The van der Waals surface area contributed by atoms with E-state index in [1.54, 1.807) is 12.1 Å². The van der Waals surface area contributed by atoms with E-state index in [-0.39, 0.29) is 30.0 Å². The minimum atomic E-state index is -1.05. The van der Waals surface area contributed by atoms with Crippen molar-refractivity contribution in [2.45, 2.75) is 24.8 Å². The molecule has 0 bridgehead atoms. The van der Waals surface area contributed by atoms with Gasteiger partial charge in [0.1, 0.15) is 11.9 Å². The Morgan fingerprint density at radius 3 is 2.42 bits per heavy atom. The number of amides is 1. The molecule has 0 heterocycles. The number of carboxylic acids is 1. The maximum atomic E-state index is 12.9. The van der Waals surface area contributed by atoms with Crippen molar-refractivity contribution in [3.8, 4) is 0 Å². The van der Waals surface area contributed by atoms with Crippen molar-refractivity contribution < 1.29 is 19.1 Å². The Hall–Kier alpha value is -2.69. The molecule has 4 nitrogen and oxygen atoms in total. The van der Waals surface area contributed by atoms with Crippen LogP contribution >= 0.6 is 0 Å². The second-order valence-corrected chi connectivity index (χ2v) is 6.09. The summed E-state index contributed by atoms with van der Waals surface area (Å²) in [6.45, 7) is 0. The highest BCUT2D eigenvalue weighted by Gasteiger charge is 2.44. The van der Waals surface area contributed by atoms with Gasteiger partial charge in [-0.1, -0.05) is 42.5 Å². The summed E-state index contributed by atoms with van der Waals surface area (Å²) in [6.07, 6.45) is 0.908. The molecular weight excluding hydrogens is 309 g/mol. The second kappa shape index (κ2) is 6.83. The molecule has 2 aromatic carbocycles. The molecule has 3 atom stereocenters. The van der Waals surface area contributed by atoms with Crippen LogP contribution in [-0.2, 0) is 16.0 Å². The standard InChI is InChI=1S/C19H18FNO3/c20-14-8-6-13(7-9-14)15-11-16(15)18(22)21-17(19(23)24)10-12-4-2-1-3-5-12/h1-9,15-17H,10-11H2,(H,21,22)(H,23,24)/t15?,16?,17-/m1/s1. The molecule has 0 spiro atoms. The zero-order valence-corrected chi connectivity index (χ0v) is 13.0. The van der Waals surface area contributed by atoms with Gasteiger partial charge in [0.2, 0.25) is 5.91 Å². The zero-order valence-electron chi connectivity index (χ0n) is 13.0. The van der Waals surface area contributed by atoms with E-state index in [1.165, 1.54) is 12.1 Å². The molecule has 2 aromatic rings. The Morgan fingerprint density at radius 1 is 1.12 bits per heavy atom. The van der Waals surface area contributed by atoms with Crippen LogP contribution in [0.15, 0.2) is 54.6 Å². The number of aliphatic carboxylic acids is 1. The Labute approximate surface area is 139 Å². The number of hydrogen-bond donors (Lipinski definition) is 2. The van der Waals surface area contributed by atoms with Crippen LogP contribution in [0.25, 0.3) is 0 Å². The largest absolute Gasteiger partial charge is 0.480 e. The predicted octanol–water partition coefficient (Wildman–Crippen LogP) is 2.74. The average molecular weight is 327 g/mol. The molecular formula is C19H18FNO3. The highest BCUT2D eigenvalue weighted by atomic mass is 19.1. The van der Waals surface area contributed by atoms with E-state index < -0.39 is 12.0 Å². The monoisotopic (exact) mass is 327 g/mol. The Balaban J connectivity index is 1.60. The Kier molecular flexibility index (Phi) is 4.60. The molecule has 1 amide bonds. The number of benzene rings is 2. The van der Waals surface area contributed by atoms with Crippen LogP contribution in [0.2, 0.25) is 0 Å². The SMILES string of the molecule is O=C(N[C@H](Cc1ccccc1)C(=O)O)C1CC1c1ccc(F)cc1. The van der Waals surface area contributed by atoms with Gasteiger partial charge >= 0.3 is 5.97 Å². The van der Waals surface area contributed by atoms with Crippen LogP contribution in [0.1, 0.15) is 23.5 Å². The molecule has 3 rings (SSSR count). The van der Waals surface area contributed by atoms with Gasteiger partial charge in [0, 0.05) is 12.3 Å². The molecule has 2 unspecified atom stereocenters.